The van der Waals surface area contributed by atoms with Crippen LogP contribution in [0.25, 0.3) is 21.0 Å². The van der Waals surface area contributed by atoms with Crippen molar-refractivity contribution >= 4 is 38.1 Å². The van der Waals surface area contributed by atoms with Crippen LogP contribution in [0, 0.1) is 13.8 Å². The van der Waals surface area contributed by atoms with Crippen LogP contribution in [0.5, 0.6) is 11.5 Å². The molecule has 0 fully saturated rings. The minimum absolute atomic E-state index is 0.0864. The summed E-state index contributed by atoms with van der Waals surface area (Å²) in [6, 6.07) is 12.6. The predicted octanol–water partition coefficient (Wildman–Crippen LogP) is 5.65. The van der Waals surface area contributed by atoms with Crippen LogP contribution in [0.4, 0.5) is 5.82 Å². The van der Waals surface area contributed by atoms with Gasteiger partial charge in [0.2, 0.25) is 0 Å². The number of aromatic nitrogens is 2. The smallest absolute Gasteiger partial charge is 0.162 e. The molecule has 4 rings (SSSR count). The van der Waals surface area contributed by atoms with Gasteiger partial charge in [-0.25, -0.2) is 9.97 Å². The molecule has 0 aliphatic carbocycles. The molecule has 0 radical (unpaired) electrons. The number of anilines is 1. The highest BCUT2D eigenvalue weighted by atomic mass is 32.1. The number of nitrogens with one attached hydrogen (secondary N) is 1. The van der Waals surface area contributed by atoms with Gasteiger partial charge in [0.1, 0.15) is 11.6 Å². The monoisotopic (exact) mass is 393 g/mol. The fourth-order valence-electron chi connectivity index (χ4n) is 3.55. The average molecular weight is 394 g/mol. The van der Waals surface area contributed by atoms with E-state index in [0.29, 0.717) is 17.3 Å². The first-order chi connectivity index (χ1) is 13.5. The summed E-state index contributed by atoms with van der Waals surface area (Å²) in [4.78, 5) is 10.6. The van der Waals surface area contributed by atoms with E-state index in [-0.39, 0.29) is 6.04 Å². The molecule has 1 unspecified atom stereocenters. The van der Waals surface area contributed by atoms with Crippen molar-refractivity contribution in [3.8, 4) is 11.5 Å². The molecule has 28 heavy (non-hydrogen) atoms. The number of fused-ring (bicyclic) bond motifs is 2. The molecule has 6 heteroatoms. The Bertz CT molecular complexity index is 1170. The van der Waals surface area contributed by atoms with Crippen LogP contribution in [-0.4, -0.2) is 24.2 Å². The molecule has 2 aromatic carbocycles. The van der Waals surface area contributed by atoms with Crippen molar-refractivity contribution in [2.24, 2.45) is 0 Å². The Kier molecular flexibility index (Phi) is 4.81. The number of nitrogens with zero attached hydrogens (tertiary/aromatic N) is 2. The van der Waals surface area contributed by atoms with Gasteiger partial charge in [0, 0.05) is 21.0 Å². The standard InChI is InChI=1S/C22H23N3O2S/c1-12-9-16-15(7-6-8-21(16)28-12)13(2)23-22-17-10-19(26-4)20(27-5)11-18(17)24-14(3)25-22/h6-11,13H,1-5H3,(H,23,24,25). The molecule has 1 N–H and O–H groups in total. The minimum Gasteiger partial charge on any atom is -0.493 e. The van der Waals surface area contributed by atoms with E-state index in [1.807, 2.05) is 30.4 Å². The molecular formula is C22H23N3O2S. The van der Waals surface area contributed by atoms with Crippen LogP contribution in [0.1, 0.15) is 29.2 Å². The second kappa shape index (κ2) is 7.28. The SMILES string of the molecule is COc1cc2nc(C)nc(NC(C)c3cccc4sc(C)cc34)c2cc1OC. The second-order valence-electron chi connectivity index (χ2n) is 6.83. The van der Waals surface area contributed by atoms with E-state index in [1.165, 1.54) is 20.5 Å². The number of hydrogen-bond acceptors (Lipinski definition) is 6. The summed E-state index contributed by atoms with van der Waals surface area (Å²) in [5.41, 5.74) is 2.08. The molecule has 4 aromatic rings. The Morgan fingerprint density at radius 3 is 2.46 bits per heavy atom. The Morgan fingerprint density at radius 2 is 1.71 bits per heavy atom. The van der Waals surface area contributed by atoms with Crippen molar-refractivity contribution in [3.05, 3.63) is 52.7 Å². The maximum Gasteiger partial charge on any atom is 0.162 e. The Hall–Kier alpha value is -2.86. The maximum absolute atomic E-state index is 5.47. The van der Waals surface area contributed by atoms with Crippen LogP contribution < -0.4 is 14.8 Å². The molecule has 0 saturated heterocycles. The first-order valence-corrected chi connectivity index (χ1v) is 9.97. The van der Waals surface area contributed by atoms with E-state index >= 15 is 0 Å². The van der Waals surface area contributed by atoms with Gasteiger partial charge in [0.25, 0.3) is 0 Å². The fourth-order valence-corrected chi connectivity index (χ4v) is 4.51. The quantitative estimate of drug-likeness (QED) is 0.475. The molecule has 0 spiro atoms. The van der Waals surface area contributed by atoms with E-state index in [0.717, 1.165) is 16.7 Å². The van der Waals surface area contributed by atoms with Crippen molar-refractivity contribution < 1.29 is 9.47 Å². The van der Waals surface area contributed by atoms with Gasteiger partial charge in [-0.05, 0) is 49.9 Å². The van der Waals surface area contributed by atoms with Crippen molar-refractivity contribution in [2.45, 2.75) is 26.8 Å². The third-order valence-electron chi connectivity index (χ3n) is 4.85. The molecule has 5 nitrogen and oxygen atoms in total. The maximum atomic E-state index is 5.47. The highest BCUT2D eigenvalue weighted by Crippen LogP contribution is 2.36. The Labute approximate surface area is 168 Å². The lowest BCUT2D eigenvalue weighted by molar-refractivity contribution is 0.356. The van der Waals surface area contributed by atoms with E-state index in [2.05, 4.69) is 53.4 Å². The van der Waals surface area contributed by atoms with Gasteiger partial charge in [-0.3, -0.25) is 0 Å². The molecule has 0 amide bonds. The fraction of sp³-hybridized carbons (Fsp3) is 0.273. The van der Waals surface area contributed by atoms with E-state index in [1.54, 1.807) is 14.2 Å². The lowest BCUT2D eigenvalue weighted by Crippen LogP contribution is -2.10. The number of aryl methyl sites for hydroxylation is 2. The lowest BCUT2D eigenvalue weighted by atomic mass is 10.0. The number of methoxy groups -OCH3 is 2. The first-order valence-electron chi connectivity index (χ1n) is 9.16. The topological polar surface area (TPSA) is 56.3 Å². The van der Waals surface area contributed by atoms with Crippen LogP contribution in [0.2, 0.25) is 0 Å². The average Bonchev–Trinajstić information content (AvgIpc) is 3.06. The summed E-state index contributed by atoms with van der Waals surface area (Å²) in [6.45, 7) is 6.20. The molecular weight excluding hydrogens is 370 g/mol. The van der Waals surface area contributed by atoms with E-state index < -0.39 is 0 Å². The Morgan fingerprint density at radius 1 is 0.964 bits per heavy atom. The lowest BCUT2D eigenvalue weighted by Gasteiger charge is -2.18. The van der Waals surface area contributed by atoms with Gasteiger partial charge in [-0.2, -0.15) is 0 Å². The van der Waals surface area contributed by atoms with Crippen molar-refractivity contribution in [2.75, 3.05) is 19.5 Å². The van der Waals surface area contributed by atoms with Crippen LogP contribution >= 0.6 is 11.3 Å². The molecule has 2 aromatic heterocycles. The highest BCUT2D eigenvalue weighted by molar-refractivity contribution is 7.19. The van der Waals surface area contributed by atoms with Gasteiger partial charge in [0.15, 0.2) is 11.5 Å². The molecule has 144 valence electrons. The summed E-state index contributed by atoms with van der Waals surface area (Å²) < 4.78 is 12.2. The van der Waals surface area contributed by atoms with Crippen molar-refractivity contribution in [1.29, 1.82) is 0 Å². The summed E-state index contributed by atoms with van der Waals surface area (Å²) in [7, 11) is 3.26. The second-order valence-corrected chi connectivity index (χ2v) is 8.11. The highest BCUT2D eigenvalue weighted by Gasteiger charge is 2.16. The first kappa shape index (κ1) is 18.5. The largest absolute Gasteiger partial charge is 0.493 e. The molecule has 0 aliphatic rings. The third-order valence-corrected chi connectivity index (χ3v) is 5.87. The van der Waals surface area contributed by atoms with Crippen LogP contribution in [0.15, 0.2) is 36.4 Å². The van der Waals surface area contributed by atoms with Gasteiger partial charge in [-0.1, -0.05) is 12.1 Å². The van der Waals surface area contributed by atoms with Crippen LogP contribution in [0.3, 0.4) is 0 Å². The van der Waals surface area contributed by atoms with Crippen molar-refractivity contribution in [3.63, 3.8) is 0 Å². The number of thiophene rings is 1. The van der Waals surface area contributed by atoms with Gasteiger partial charge < -0.3 is 14.8 Å². The zero-order valence-corrected chi connectivity index (χ0v) is 17.5. The summed E-state index contributed by atoms with van der Waals surface area (Å²) in [5, 5.41) is 5.79. The van der Waals surface area contributed by atoms with Gasteiger partial charge in [0.05, 0.1) is 25.8 Å². The zero-order valence-electron chi connectivity index (χ0n) is 16.7. The predicted molar refractivity (Wildman–Crippen MR) is 116 cm³/mol. The molecule has 0 bridgehead atoms. The summed E-state index contributed by atoms with van der Waals surface area (Å²) in [6.07, 6.45) is 0. The molecule has 0 saturated carbocycles. The van der Waals surface area contributed by atoms with Crippen LogP contribution in [-0.2, 0) is 0 Å². The van der Waals surface area contributed by atoms with Gasteiger partial charge >= 0.3 is 0 Å². The number of hydrogen-bond donors (Lipinski definition) is 1. The van der Waals surface area contributed by atoms with E-state index in [4.69, 9.17) is 9.47 Å². The van der Waals surface area contributed by atoms with Crippen molar-refractivity contribution in [1.82, 2.24) is 9.97 Å². The summed E-state index contributed by atoms with van der Waals surface area (Å²) >= 11 is 1.82. The normalized spacial score (nSPS) is 12.3. The molecule has 2 heterocycles. The third kappa shape index (κ3) is 3.24. The van der Waals surface area contributed by atoms with Gasteiger partial charge in [-0.15, -0.1) is 11.3 Å². The number of ether oxygens (including phenoxy) is 2. The zero-order chi connectivity index (χ0) is 19.8. The number of rotatable bonds is 5. The minimum atomic E-state index is 0.0864. The Balaban J connectivity index is 1.80. The molecule has 0 aliphatic heterocycles. The van der Waals surface area contributed by atoms with E-state index in [9.17, 15) is 0 Å². The number of benzene rings is 2. The summed E-state index contributed by atoms with van der Waals surface area (Å²) in [5.74, 6) is 2.82. The molecule has 1 atom stereocenters.